The number of nitrogens with zero attached hydrogens (tertiary/aromatic N) is 2. The Hall–Kier alpha value is -4.45. The van der Waals surface area contributed by atoms with Crippen LogP contribution in [0.25, 0.3) is 0 Å². The molecule has 0 radical (unpaired) electrons. The molecule has 0 aliphatic carbocycles. The van der Waals surface area contributed by atoms with Crippen molar-refractivity contribution >= 4 is 39.0 Å². The average molecular weight is 542 g/mol. The monoisotopic (exact) mass is 541 g/mol. The van der Waals surface area contributed by atoms with E-state index in [0.717, 1.165) is 10.4 Å². The van der Waals surface area contributed by atoms with Crippen LogP contribution in [0.3, 0.4) is 0 Å². The number of carbonyl (C=O) groups excluding carboxylic acids is 2. The lowest BCUT2D eigenvalue weighted by molar-refractivity contribution is -0.385. The summed E-state index contributed by atoms with van der Waals surface area (Å²) in [6.45, 7) is 4.46. The molecule has 0 saturated heterocycles. The molecule has 200 valence electrons. The molecule has 1 amide bonds. The summed E-state index contributed by atoms with van der Waals surface area (Å²) in [4.78, 5) is 35.4. The van der Waals surface area contributed by atoms with E-state index < -0.39 is 33.4 Å². The van der Waals surface area contributed by atoms with Crippen molar-refractivity contribution in [1.82, 2.24) is 0 Å². The predicted molar refractivity (Wildman–Crippen MR) is 141 cm³/mol. The van der Waals surface area contributed by atoms with E-state index in [1.54, 1.807) is 19.9 Å². The summed E-state index contributed by atoms with van der Waals surface area (Å²) < 4.78 is 38.3. The molecule has 3 aromatic rings. The van der Waals surface area contributed by atoms with Gasteiger partial charge in [-0.3, -0.25) is 19.2 Å². The number of anilines is 2. The normalized spacial score (nSPS) is 10.9. The second kappa shape index (κ2) is 11.7. The first-order chi connectivity index (χ1) is 18.0. The van der Waals surface area contributed by atoms with Gasteiger partial charge in [0.25, 0.3) is 15.7 Å². The van der Waals surface area contributed by atoms with Crippen LogP contribution in [0.4, 0.5) is 17.1 Å². The molecule has 0 unspecified atom stereocenters. The third-order valence-electron chi connectivity index (χ3n) is 5.62. The van der Waals surface area contributed by atoms with Crippen molar-refractivity contribution in [1.29, 1.82) is 0 Å². The van der Waals surface area contributed by atoms with Gasteiger partial charge < -0.3 is 14.8 Å². The summed E-state index contributed by atoms with van der Waals surface area (Å²) in [5, 5.41) is 14.1. The maximum atomic E-state index is 13.7. The van der Waals surface area contributed by atoms with Crippen LogP contribution in [0.2, 0.25) is 0 Å². The van der Waals surface area contributed by atoms with Gasteiger partial charge in [-0.15, -0.1) is 0 Å². The van der Waals surface area contributed by atoms with E-state index in [1.165, 1.54) is 62.6 Å². The molecule has 0 bridgehead atoms. The highest BCUT2D eigenvalue weighted by Gasteiger charge is 2.29. The fourth-order valence-corrected chi connectivity index (χ4v) is 5.04. The van der Waals surface area contributed by atoms with Crippen LogP contribution in [0.1, 0.15) is 28.4 Å². The van der Waals surface area contributed by atoms with Gasteiger partial charge >= 0.3 is 5.97 Å². The molecule has 3 rings (SSSR count). The van der Waals surface area contributed by atoms with Gasteiger partial charge in [-0.05, 0) is 74.9 Å². The molecule has 12 heteroatoms. The van der Waals surface area contributed by atoms with Crippen LogP contribution in [0.5, 0.6) is 5.75 Å². The molecule has 0 spiro atoms. The Morgan fingerprint density at radius 2 is 1.68 bits per heavy atom. The highest BCUT2D eigenvalue weighted by molar-refractivity contribution is 7.92. The number of ether oxygens (including phenoxy) is 2. The number of amides is 1. The summed E-state index contributed by atoms with van der Waals surface area (Å²) in [5.41, 5.74) is 1.34. The minimum absolute atomic E-state index is 0.151. The number of nitro groups is 1. The van der Waals surface area contributed by atoms with E-state index in [0.29, 0.717) is 28.1 Å². The second-order valence-corrected chi connectivity index (χ2v) is 10.1. The molecular formula is C26H27N3O8S. The number of benzene rings is 3. The molecule has 0 atom stereocenters. The minimum atomic E-state index is -4.40. The van der Waals surface area contributed by atoms with E-state index in [9.17, 15) is 28.1 Å². The fourth-order valence-electron chi connectivity index (χ4n) is 3.60. The number of aryl methyl sites for hydroxylation is 2. The maximum Gasteiger partial charge on any atom is 0.338 e. The van der Waals surface area contributed by atoms with E-state index in [-0.39, 0.29) is 22.9 Å². The van der Waals surface area contributed by atoms with E-state index >= 15 is 0 Å². The summed E-state index contributed by atoms with van der Waals surface area (Å²) in [7, 11) is -2.95. The zero-order valence-corrected chi connectivity index (χ0v) is 22.1. The van der Waals surface area contributed by atoms with Crippen LogP contribution in [-0.4, -0.2) is 45.5 Å². The number of carbonyl (C=O) groups is 2. The largest absolute Gasteiger partial charge is 0.497 e. The van der Waals surface area contributed by atoms with Gasteiger partial charge in [0.1, 0.15) is 12.3 Å². The predicted octanol–water partition coefficient (Wildman–Crippen LogP) is 4.23. The molecule has 0 fully saturated rings. The van der Waals surface area contributed by atoms with Crippen molar-refractivity contribution in [3.8, 4) is 5.75 Å². The molecule has 11 nitrogen and oxygen atoms in total. The number of methoxy groups -OCH3 is 1. The van der Waals surface area contributed by atoms with Gasteiger partial charge in [-0.1, -0.05) is 6.07 Å². The summed E-state index contributed by atoms with van der Waals surface area (Å²) >= 11 is 0. The first-order valence-corrected chi connectivity index (χ1v) is 12.9. The highest BCUT2D eigenvalue weighted by atomic mass is 32.2. The molecule has 38 heavy (non-hydrogen) atoms. The Kier molecular flexibility index (Phi) is 8.68. The molecular weight excluding hydrogens is 514 g/mol. The topological polar surface area (TPSA) is 145 Å². The first-order valence-electron chi connectivity index (χ1n) is 11.5. The van der Waals surface area contributed by atoms with Crippen molar-refractivity contribution in [2.75, 3.05) is 29.9 Å². The molecule has 0 saturated carbocycles. The third-order valence-corrected chi connectivity index (χ3v) is 7.39. The number of esters is 1. The van der Waals surface area contributed by atoms with Crippen molar-refractivity contribution in [2.45, 2.75) is 25.7 Å². The Labute approximate surface area is 220 Å². The Bertz CT molecular complexity index is 1470. The SMILES string of the molecule is CCOC(=O)c1ccc(NC(=O)CN(c2ccc(OC)cc2)S(=O)(=O)c2ccc(C)c([N+](=O)[O-])c2)c(C)c1. The van der Waals surface area contributed by atoms with Crippen molar-refractivity contribution < 1.29 is 32.4 Å². The van der Waals surface area contributed by atoms with Gasteiger partial charge in [0.15, 0.2) is 0 Å². The zero-order valence-electron chi connectivity index (χ0n) is 21.3. The highest BCUT2D eigenvalue weighted by Crippen LogP contribution is 2.29. The van der Waals surface area contributed by atoms with Crippen LogP contribution >= 0.6 is 0 Å². The molecule has 0 aliphatic rings. The molecule has 0 heterocycles. The smallest absolute Gasteiger partial charge is 0.338 e. The quantitative estimate of drug-likeness (QED) is 0.228. The maximum absolute atomic E-state index is 13.7. The minimum Gasteiger partial charge on any atom is -0.497 e. The van der Waals surface area contributed by atoms with Crippen molar-refractivity contribution in [2.24, 2.45) is 0 Å². The molecule has 3 aromatic carbocycles. The lowest BCUT2D eigenvalue weighted by Gasteiger charge is -2.24. The lowest BCUT2D eigenvalue weighted by atomic mass is 10.1. The van der Waals surface area contributed by atoms with Gasteiger partial charge in [-0.25, -0.2) is 13.2 Å². The number of sulfonamides is 1. The van der Waals surface area contributed by atoms with Gasteiger partial charge in [-0.2, -0.15) is 0 Å². The fraction of sp³-hybridized carbons (Fsp3) is 0.231. The molecule has 1 N–H and O–H groups in total. The van der Waals surface area contributed by atoms with E-state index in [1.807, 2.05) is 0 Å². The summed E-state index contributed by atoms with van der Waals surface area (Å²) in [5.74, 6) is -0.700. The van der Waals surface area contributed by atoms with Crippen LogP contribution < -0.4 is 14.4 Å². The Balaban J connectivity index is 1.96. The first kappa shape index (κ1) is 28.1. The van der Waals surface area contributed by atoms with Gasteiger partial charge in [0, 0.05) is 17.3 Å². The Morgan fingerprint density at radius 1 is 1.00 bits per heavy atom. The van der Waals surface area contributed by atoms with Crippen LogP contribution in [0.15, 0.2) is 65.6 Å². The number of hydrogen-bond donors (Lipinski definition) is 1. The van der Waals surface area contributed by atoms with Crippen molar-refractivity contribution in [3.05, 3.63) is 87.5 Å². The standard InChI is InChI=1S/C26H27N3O8S/c1-5-37-26(31)19-7-13-23(18(3)14-19)27-25(30)16-28(20-8-10-21(36-4)11-9-20)38(34,35)22-12-6-17(2)24(15-22)29(32)33/h6-15H,5,16H2,1-4H3,(H,27,30). The zero-order chi connectivity index (χ0) is 28.0. The third kappa shape index (κ3) is 6.27. The van der Waals surface area contributed by atoms with E-state index in [4.69, 9.17) is 9.47 Å². The van der Waals surface area contributed by atoms with Gasteiger partial charge in [0.05, 0.1) is 34.8 Å². The number of nitrogens with one attached hydrogen (secondary N) is 1. The molecule has 0 aromatic heterocycles. The van der Waals surface area contributed by atoms with E-state index in [2.05, 4.69) is 5.32 Å². The second-order valence-electron chi connectivity index (χ2n) is 8.21. The molecule has 0 aliphatic heterocycles. The summed E-state index contributed by atoms with van der Waals surface area (Å²) in [6, 6.07) is 14.1. The lowest BCUT2D eigenvalue weighted by Crippen LogP contribution is -2.38. The van der Waals surface area contributed by atoms with Crippen LogP contribution in [0, 0.1) is 24.0 Å². The summed E-state index contributed by atoms with van der Waals surface area (Å²) in [6.07, 6.45) is 0. The Morgan fingerprint density at radius 3 is 2.26 bits per heavy atom. The number of rotatable bonds is 10. The number of nitro benzene ring substituents is 1. The van der Waals surface area contributed by atoms with Crippen molar-refractivity contribution in [3.63, 3.8) is 0 Å². The van der Waals surface area contributed by atoms with Crippen LogP contribution in [-0.2, 0) is 19.6 Å². The number of hydrogen-bond acceptors (Lipinski definition) is 8. The average Bonchev–Trinajstić information content (AvgIpc) is 2.88. The van der Waals surface area contributed by atoms with Gasteiger partial charge in [0.2, 0.25) is 5.91 Å².